The first-order valence-electron chi connectivity index (χ1n) is 2.03. The van der Waals surface area contributed by atoms with Crippen LogP contribution in [0, 0.1) is 0 Å². The van der Waals surface area contributed by atoms with Gasteiger partial charge in [-0.25, -0.2) is 0 Å². The number of aliphatic hydroxyl groups is 1. The van der Waals surface area contributed by atoms with Crippen LogP contribution in [0.5, 0.6) is 0 Å². The maximum atomic E-state index is 8.20. The summed E-state index contributed by atoms with van der Waals surface area (Å²) in [5.74, 6) is 0. The summed E-state index contributed by atoms with van der Waals surface area (Å²) in [5.41, 5.74) is 0. The van der Waals surface area contributed by atoms with Crippen LogP contribution in [0.1, 0.15) is 0 Å². The third kappa shape index (κ3) is 11.1. The molecule has 0 heterocycles. The first-order valence-corrected chi connectivity index (χ1v) is 2.03. The van der Waals surface area contributed by atoms with Crippen LogP contribution in [0.2, 0.25) is 0 Å². The van der Waals surface area contributed by atoms with Gasteiger partial charge in [-0.15, -0.1) is 0 Å². The van der Waals surface area contributed by atoms with Crippen LogP contribution < -0.4 is 0 Å². The maximum absolute atomic E-state index is 8.20. The van der Waals surface area contributed by atoms with E-state index in [0.717, 1.165) is 6.54 Å². The number of aliphatic hydroxyl groups excluding tert-OH is 1. The Kier molecular flexibility index (Phi) is 11.9. The molecule has 0 bridgehead atoms. The summed E-state index contributed by atoms with van der Waals surface area (Å²) >= 11 is 0. The Labute approximate surface area is 81.8 Å². The first kappa shape index (κ1) is 11.2. The molecule has 0 spiro atoms. The quantitative estimate of drug-likeness (QED) is 0.528. The molecule has 0 aromatic carbocycles. The SMILES string of the molecule is CN(C)CCO.[SrH2]. The van der Waals surface area contributed by atoms with Crippen LogP contribution >= 0.6 is 0 Å². The van der Waals surface area contributed by atoms with Crippen molar-refractivity contribution in [3.8, 4) is 0 Å². The van der Waals surface area contributed by atoms with Crippen molar-refractivity contribution in [3.05, 3.63) is 0 Å². The summed E-state index contributed by atoms with van der Waals surface area (Å²) in [7, 11) is 3.85. The molecule has 0 aliphatic carbocycles. The van der Waals surface area contributed by atoms with Gasteiger partial charge in [0, 0.05) is 6.54 Å². The van der Waals surface area contributed by atoms with E-state index in [1.54, 1.807) is 0 Å². The summed E-state index contributed by atoms with van der Waals surface area (Å²) in [6.07, 6.45) is 0. The van der Waals surface area contributed by atoms with Crippen LogP contribution in [0.15, 0.2) is 0 Å². The molecule has 0 fully saturated rings. The second kappa shape index (κ2) is 7.40. The zero-order valence-electron chi connectivity index (χ0n) is 4.31. The predicted molar refractivity (Wildman–Crippen MR) is 34.2 cm³/mol. The van der Waals surface area contributed by atoms with Crippen molar-refractivity contribution in [2.75, 3.05) is 27.2 Å². The Bertz CT molecular complexity index is 32.9. The van der Waals surface area contributed by atoms with Gasteiger partial charge in [-0.05, 0) is 14.1 Å². The predicted octanol–water partition coefficient (Wildman–Crippen LogP) is -1.38. The average molecular weight is 179 g/mol. The molecule has 1 N–H and O–H groups in total. The molecule has 3 heteroatoms. The van der Waals surface area contributed by atoms with E-state index in [1.165, 1.54) is 0 Å². The monoisotopic (exact) mass is 179 g/mol. The molecule has 2 nitrogen and oxygen atoms in total. The van der Waals surface area contributed by atoms with Crippen LogP contribution in [-0.4, -0.2) is 82.7 Å². The summed E-state index contributed by atoms with van der Waals surface area (Å²) in [4.78, 5) is 1.93. The minimum absolute atomic E-state index is 0. The molecule has 0 aliphatic heterocycles. The van der Waals surface area contributed by atoms with Crippen molar-refractivity contribution >= 4 is 45.5 Å². The Morgan fingerprint density at radius 2 is 1.86 bits per heavy atom. The number of rotatable bonds is 2. The summed E-state index contributed by atoms with van der Waals surface area (Å²) in [6, 6.07) is 0. The van der Waals surface area contributed by atoms with E-state index in [-0.39, 0.29) is 52.1 Å². The molecule has 0 saturated heterocycles. The fourth-order valence-electron chi connectivity index (χ4n) is 0.200. The summed E-state index contributed by atoms with van der Waals surface area (Å²) in [6.45, 7) is 1.02. The second-order valence-electron chi connectivity index (χ2n) is 1.53. The van der Waals surface area contributed by atoms with Crippen LogP contribution in [0.4, 0.5) is 0 Å². The standard InChI is InChI=1S/C4H11NO.Sr.2H/c1-5(2)3-4-6;;;/h6H,3-4H2,1-2H3;;;. The van der Waals surface area contributed by atoms with Crippen molar-refractivity contribution in [2.45, 2.75) is 0 Å². The molecule has 0 atom stereocenters. The molecule has 0 radical (unpaired) electrons. The molecule has 0 aliphatic rings. The molecule has 0 aromatic rings. The zero-order chi connectivity index (χ0) is 4.99. The van der Waals surface area contributed by atoms with Gasteiger partial charge in [0.2, 0.25) is 0 Å². The molecular formula is C4H13NOSr. The van der Waals surface area contributed by atoms with Gasteiger partial charge in [0.1, 0.15) is 0 Å². The molecule has 0 aromatic heterocycles. The molecule has 0 amide bonds. The van der Waals surface area contributed by atoms with Gasteiger partial charge in [-0.2, -0.15) is 0 Å². The van der Waals surface area contributed by atoms with E-state index in [2.05, 4.69) is 0 Å². The summed E-state index contributed by atoms with van der Waals surface area (Å²) in [5, 5.41) is 8.20. The van der Waals surface area contributed by atoms with E-state index in [9.17, 15) is 0 Å². The van der Waals surface area contributed by atoms with Crippen molar-refractivity contribution in [2.24, 2.45) is 0 Å². The van der Waals surface area contributed by atoms with Crippen LogP contribution in [0.3, 0.4) is 0 Å². The van der Waals surface area contributed by atoms with Crippen molar-refractivity contribution in [1.29, 1.82) is 0 Å². The van der Waals surface area contributed by atoms with Crippen molar-refractivity contribution in [1.82, 2.24) is 4.90 Å². The number of likely N-dealkylation sites (N-methyl/N-ethyl adjacent to an activating group) is 1. The van der Waals surface area contributed by atoms with Crippen LogP contribution in [-0.2, 0) is 0 Å². The second-order valence-corrected chi connectivity index (χ2v) is 1.53. The average Bonchev–Trinajstić information content (AvgIpc) is 1.35. The molecular weight excluding hydrogens is 166 g/mol. The molecule has 7 heavy (non-hydrogen) atoms. The van der Waals surface area contributed by atoms with E-state index in [4.69, 9.17) is 5.11 Å². The first-order chi connectivity index (χ1) is 2.77. The van der Waals surface area contributed by atoms with Gasteiger partial charge in [0.15, 0.2) is 0 Å². The normalized spacial score (nSPS) is 8.57. The number of hydrogen-bond donors (Lipinski definition) is 1. The van der Waals surface area contributed by atoms with Crippen molar-refractivity contribution < 1.29 is 5.11 Å². The van der Waals surface area contributed by atoms with Crippen LogP contribution in [0.25, 0.3) is 0 Å². The number of nitrogens with zero attached hydrogens (tertiary/aromatic N) is 1. The Balaban J connectivity index is 0. The van der Waals surface area contributed by atoms with Gasteiger partial charge < -0.3 is 10.0 Å². The summed E-state index contributed by atoms with van der Waals surface area (Å²) < 4.78 is 0. The van der Waals surface area contributed by atoms with Gasteiger partial charge in [0.25, 0.3) is 0 Å². The van der Waals surface area contributed by atoms with E-state index in [0.29, 0.717) is 0 Å². The topological polar surface area (TPSA) is 23.5 Å². The number of hydrogen-bond acceptors (Lipinski definition) is 2. The van der Waals surface area contributed by atoms with Crippen molar-refractivity contribution in [3.63, 3.8) is 0 Å². The molecule has 42 valence electrons. The fourth-order valence-corrected chi connectivity index (χ4v) is 0.200. The van der Waals surface area contributed by atoms with E-state index >= 15 is 0 Å². The third-order valence-corrected chi connectivity index (χ3v) is 0.547. The van der Waals surface area contributed by atoms with Gasteiger partial charge >= 0.3 is 45.5 Å². The van der Waals surface area contributed by atoms with E-state index in [1.807, 2.05) is 19.0 Å². The van der Waals surface area contributed by atoms with E-state index < -0.39 is 0 Å². The van der Waals surface area contributed by atoms with Gasteiger partial charge in [-0.3, -0.25) is 0 Å². The minimum atomic E-state index is 0. The third-order valence-electron chi connectivity index (χ3n) is 0.547. The molecule has 0 saturated carbocycles. The Morgan fingerprint density at radius 1 is 1.43 bits per heavy atom. The molecule has 0 unspecified atom stereocenters. The van der Waals surface area contributed by atoms with Gasteiger partial charge in [-0.1, -0.05) is 0 Å². The van der Waals surface area contributed by atoms with Gasteiger partial charge in [0.05, 0.1) is 6.61 Å². The molecule has 0 rings (SSSR count). The zero-order valence-corrected chi connectivity index (χ0v) is 4.31. The Hall–Kier alpha value is 1.40. The Morgan fingerprint density at radius 3 is 1.86 bits per heavy atom. The fraction of sp³-hybridized carbons (Fsp3) is 1.00.